The van der Waals surface area contributed by atoms with Gasteiger partial charge in [-0.1, -0.05) is 23.8 Å². The van der Waals surface area contributed by atoms with Crippen LogP contribution in [0.15, 0.2) is 42.5 Å². The van der Waals surface area contributed by atoms with E-state index in [2.05, 4.69) is 5.32 Å². The molecule has 2 aromatic carbocycles. The van der Waals surface area contributed by atoms with Crippen molar-refractivity contribution in [1.82, 2.24) is 0 Å². The van der Waals surface area contributed by atoms with E-state index in [9.17, 15) is 13.9 Å². The van der Waals surface area contributed by atoms with E-state index in [-0.39, 0.29) is 18.8 Å². The average molecular weight is 293 g/mol. The first-order valence-corrected chi connectivity index (χ1v) is 6.61. The first-order chi connectivity index (χ1) is 10.1. The van der Waals surface area contributed by atoms with Gasteiger partial charge in [0, 0.05) is 6.54 Å². The maximum atomic E-state index is 13.4. The molecule has 1 atom stereocenters. The summed E-state index contributed by atoms with van der Waals surface area (Å²) >= 11 is 0. The van der Waals surface area contributed by atoms with Gasteiger partial charge in [-0.25, -0.2) is 8.78 Å². The molecule has 2 N–H and O–H groups in total. The molecule has 0 radical (unpaired) electrons. The van der Waals surface area contributed by atoms with Crippen LogP contribution in [0.3, 0.4) is 0 Å². The van der Waals surface area contributed by atoms with E-state index < -0.39 is 17.7 Å². The number of rotatable bonds is 6. The number of nitrogens with one attached hydrogen (secondary N) is 1. The number of aryl methyl sites for hydroxylation is 1. The third kappa shape index (κ3) is 4.43. The van der Waals surface area contributed by atoms with E-state index in [1.807, 2.05) is 31.2 Å². The van der Waals surface area contributed by atoms with Crippen molar-refractivity contribution in [3.63, 3.8) is 0 Å². The first-order valence-electron chi connectivity index (χ1n) is 6.61. The molecule has 0 amide bonds. The maximum Gasteiger partial charge on any atom is 0.181 e. The van der Waals surface area contributed by atoms with Gasteiger partial charge in [-0.3, -0.25) is 0 Å². The Morgan fingerprint density at radius 2 is 1.86 bits per heavy atom. The second-order valence-electron chi connectivity index (χ2n) is 4.76. The molecule has 0 fully saturated rings. The van der Waals surface area contributed by atoms with Crippen LogP contribution in [0, 0.1) is 18.6 Å². The minimum absolute atomic E-state index is 0.0179. The predicted octanol–water partition coefficient (Wildman–Crippen LogP) is 3.13. The zero-order valence-electron chi connectivity index (χ0n) is 11.6. The molecule has 1 unspecified atom stereocenters. The molecular formula is C16H17F2NO2. The van der Waals surface area contributed by atoms with Gasteiger partial charge in [-0.15, -0.1) is 0 Å². The molecule has 0 saturated heterocycles. The lowest BCUT2D eigenvalue weighted by atomic mass is 10.2. The summed E-state index contributed by atoms with van der Waals surface area (Å²) in [6, 6.07) is 11.3. The van der Waals surface area contributed by atoms with Gasteiger partial charge < -0.3 is 15.2 Å². The van der Waals surface area contributed by atoms with Crippen molar-refractivity contribution in [2.45, 2.75) is 13.0 Å². The number of ether oxygens (including phenoxy) is 1. The molecule has 0 saturated carbocycles. The lowest BCUT2D eigenvalue weighted by Gasteiger charge is -2.14. The Kier molecular flexibility index (Phi) is 5.11. The smallest absolute Gasteiger partial charge is 0.181 e. The van der Waals surface area contributed by atoms with Gasteiger partial charge in [-0.05, 0) is 31.2 Å². The quantitative estimate of drug-likeness (QED) is 0.860. The third-order valence-corrected chi connectivity index (χ3v) is 2.94. The molecule has 21 heavy (non-hydrogen) atoms. The summed E-state index contributed by atoms with van der Waals surface area (Å²) < 4.78 is 31.8. The Morgan fingerprint density at radius 1 is 1.14 bits per heavy atom. The fraction of sp³-hybridized carbons (Fsp3) is 0.250. The molecule has 112 valence electrons. The van der Waals surface area contributed by atoms with Gasteiger partial charge in [0.15, 0.2) is 11.6 Å². The van der Waals surface area contributed by atoms with Crippen molar-refractivity contribution in [3.8, 4) is 5.75 Å². The van der Waals surface area contributed by atoms with Crippen molar-refractivity contribution >= 4 is 5.69 Å². The molecule has 5 heteroatoms. The molecule has 2 rings (SSSR count). The van der Waals surface area contributed by atoms with E-state index in [1.165, 1.54) is 12.1 Å². The largest absolute Gasteiger partial charge is 0.491 e. The number of aliphatic hydroxyl groups excluding tert-OH is 1. The molecule has 3 nitrogen and oxygen atoms in total. The summed E-state index contributed by atoms with van der Waals surface area (Å²) in [6.45, 7) is 2.09. The van der Waals surface area contributed by atoms with Crippen LogP contribution in [0.4, 0.5) is 14.5 Å². The first kappa shape index (κ1) is 15.3. The minimum Gasteiger partial charge on any atom is -0.491 e. The number of halogens is 2. The molecule has 2 aromatic rings. The molecule has 0 bridgehead atoms. The summed E-state index contributed by atoms with van der Waals surface area (Å²) in [7, 11) is 0. The zero-order chi connectivity index (χ0) is 15.2. The van der Waals surface area contributed by atoms with Crippen LogP contribution in [0.5, 0.6) is 5.75 Å². The highest BCUT2D eigenvalue weighted by Gasteiger charge is 2.10. The van der Waals surface area contributed by atoms with Gasteiger partial charge in [0.1, 0.15) is 18.5 Å². The summed E-state index contributed by atoms with van der Waals surface area (Å²) in [5, 5.41) is 12.4. The van der Waals surface area contributed by atoms with Crippen LogP contribution >= 0.6 is 0 Å². The molecule has 0 spiro atoms. The minimum atomic E-state index is -0.954. The van der Waals surface area contributed by atoms with Crippen LogP contribution < -0.4 is 10.1 Å². The van der Waals surface area contributed by atoms with E-state index >= 15 is 0 Å². The Labute approximate surface area is 122 Å². The normalized spacial score (nSPS) is 12.0. The number of benzene rings is 2. The van der Waals surface area contributed by atoms with Gasteiger partial charge in [-0.2, -0.15) is 0 Å². The Morgan fingerprint density at radius 3 is 2.57 bits per heavy atom. The predicted molar refractivity (Wildman–Crippen MR) is 77.5 cm³/mol. The van der Waals surface area contributed by atoms with Crippen molar-refractivity contribution in [1.29, 1.82) is 0 Å². The van der Waals surface area contributed by atoms with Crippen molar-refractivity contribution in [3.05, 3.63) is 59.7 Å². The topological polar surface area (TPSA) is 41.5 Å². The van der Waals surface area contributed by atoms with Crippen LogP contribution in [-0.2, 0) is 0 Å². The van der Waals surface area contributed by atoms with E-state index in [1.54, 1.807) is 0 Å². The highest BCUT2D eigenvalue weighted by atomic mass is 19.2. The maximum absolute atomic E-state index is 13.4. The number of aliphatic hydroxyl groups is 1. The van der Waals surface area contributed by atoms with Gasteiger partial charge in [0.2, 0.25) is 0 Å². The molecule has 0 aliphatic rings. The number of hydrogen-bond donors (Lipinski definition) is 2. The van der Waals surface area contributed by atoms with E-state index in [0.29, 0.717) is 5.75 Å². The number of hydrogen-bond acceptors (Lipinski definition) is 3. The third-order valence-electron chi connectivity index (χ3n) is 2.94. The fourth-order valence-corrected chi connectivity index (χ4v) is 1.75. The van der Waals surface area contributed by atoms with Gasteiger partial charge in [0.25, 0.3) is 0 Å². The molecule has 0 aliphatic carbocycles. The highest BCUT2D eigenvalue weighted by Crippen LogP contribution is 2.16. The van der Waals surface area contributed by atoms with Crippen LogP contribution in [0.25, 0.3) is 0 Å². The zero-order valence-corrected chi connectivity index (χ0v) is 11.6. The van der Waals surface area contributed by atoms with Crippen molar-refractivity contribution in [2.75, 3.05) is 18.5 Å². The molecule has 0 heterocycles. The lowest BCUT2D eigenvalue weighted by Crippen LogP contribution is -2.26. The van der Waals surface area contributed by atoms with E-state index in [4.69, 9.17) is 4.74 Å². The monoisotopic (exact) mass is 293 g/mol. The van der Waals surface area contributed by atoms with Crippen LogP contribution in [-0.4, -0.2) is 24.4 Å². The Hall–Kier alpha value is -2.14. The summed E-state index contributed by atoms with van der Waals surface area (Å²) in [4.78, 5) is 0. The lowest BCUT2D eigenvalue weighted by molar-refractivity contribution is 0.117. The molecule has 0 aliphatic heterocycles. The van der Waals surface area contributed by atoms with Gasteiger partial charge >= 0.3 is 0 Å². The van der Waals surface area contributed by atoms with Crippen molar-refractivity contribution < 1.29 is 18.6 Å². The molecule has 0 aromatic heterocycles. The van der Waals surface area contributed by atoms with Crippen molar-refractivity contribution in [2.24, 2.45) is 0 Å². The summed E-state index contributed by atoms with van der Waals surface area (Å²) in [5.74, 6) is -1.23. The summed E-state index contributed by atoms with van der Waals surface area (Å²) in [6.07, 6.45) is -0.839. The average Bonchev–Trinajstić information content (AvgIpc) is 2.48. The number of anilines is 1. The van der Waals surface area contributed by atoms with Crippen LogP contribution in [0.2, 0.25) is 0 Å². The second kappa shape index (κ2) is 7.04. The van der Waals surface area contributed by atoms with E-state index in [0.717, 1.165) is 11.6 Å². The second-order valence-corrected chi connectivity index (χ2v) is 4.76. The highest BCUT2D eigenvalue weighted by molar-refractivity contribution is 5.45. The Bertz CT molecular complexity index is 587. The van der Waals surface area contributed by atoms with Gasteiger partial charge in [0.05, 0.1) is 5.69 Å². The van der Waals surface area contributed by atoms with Crippen LogP contribution in [0.1, 0.15) is 5.56 Å². The fourth-order valence-electron chi connectivity index (χ4n) is 1.75. The SMILES string of the molecule is Cc1ccc(OCC(O)CNc2cccc(F)c2F)cc1. The standard InChI is InChI=1S/C16H17F2NO2/c1-11-5-7-13(8-6-11)21-10-12(20)9-19-15-4-2-3-14(17)16(15)18/h2-8,12,19-20H,9-10H2,1H3. The Balaban J connectivity index is 1.80. The molecular weight excluding hydrogens is 276 g/mol. The summed E-state index contributed by atoms with van der Waals surface area (Å²) in [5.41, 5.74) is 1.13.